The van der Waals surface area contributed by atoms with Crippen LogP contribution in [0.15, 0.2) is 74.7 Å². The lowest BCUT2D eigenvalue weighted by Crippen LogP contribution is -2.17. The SMILES string of the molecule is O=C(N/N=C/c1ccc(-c2cccc([N+](=O)[O-])c2)o1)c1ccccc1Br. The molecule has 0 radical (unpaired) electrons. The molecule has 0 aliphatic rings. The third-order valence-electron chi connectivity index (χ3n) is 3.44. The molecule has 1 N–H and O–H groups in total. The smallest absolute Gasteiger partial charge is 0.272 e. The van der Waals surface area contributed by atoms with Gasteiger partial charge >= 0.3 is 0 Å². The normalized spacial score (nSPS) is 10.8. The average molecular weight is 414 g/mol. The summed E-state index contributed by atoms with van der Waals surface area (Å²) in [4.78, 5) is 22.4. The predicted octanol–water partition coefficient (Wildman–Crippen LogP) is 4.38. The zero-order valence-corrected chi connectivity index (χ0v) is 14.8. The van der Waals surface area contributed by atoms with Crippen molar-refractivity contribution in [3.63, 3.8) is 0 Å². The Morgan fingerprint density at radius 2 is 1.96 bits per heavy atom. The molecule has 130 valence electrons. The van der Waals surface area contributed by atoms with Gasteiger partial charge in [0.05, 0.1) is 16.7 Å². The number of carbonyl (C=O) groups excluding carboxylic acids is 1. The van der Waals surface area contributed by atoms with E-state index in [1.54, 1.807) is 42.5 Å². The Kier molecular flexibility index (Phi) is 5.23. The van der Waals surface area contributed by atoms with Crippen molar-refractivity contribution >= 4 is 33.7 Å². The Bertz CT molecular complexity index is 997. The van der Waals surface area contributed by atoms with E-state index >= 15 is 0 Å². The highest BCUT2D eigenvalue weighted by Gasteiger charge is 2.10. The van der Waals surface area contributed by atoms with Gasteiger partial charge in [-0.25, -0.2) is 5.43 Å². The molecule has 8 heteroatoms. The average Bonchev–Trinajstić information content (AvgIpc) is 3.11. The second kappa shape index (κ2) is 7.75. The van der Waals surface area contributed by atoms with Crippen LogP contribution in [0, 0.1) is 10.1 Å². The van der Waals surface area contributed by atoms with Crippen LogP contribution in [-0.2, 0) is 0 Å². The molecule has 1 amide bonds. The van der Waals surface area contributed by atoms with Crippen LogP contribution < -0.4 is 5.43 Å². The summed E-state index contributed by atoms with van der Waals surface area (Å²) in [6.45, 7) is 0. The zero-order chi connectivity index (χ0) is 18.5. The number of non-ortho nitro benzene ring substituents is 1. The second-order valence-corrected chi connectivity index (χ2v) is 6.04. The minimum Gasteiger partial charge on any atom is -0.455 e. The van der Waals surface area contributed by atoms with Crippen LogP contribution in [0.1, 0.15) is 16.1 Å². The van der Waals surface area contributed by atoms with Crippen molar-refractivity contribution < 1.29 is 14.1 Å². The molecule has 3 rings (SSSR count). The molecule has 0 unspecified atom stereocenters. The number of nitrogens with zero attached hydrogens (tertiary/aromatic N) is 2. The lowest BCUT2D eigenvalue weighted by atomic mass is 10.1. The molecule has 0 atom stereocenters. The third kappa shape index (κ3) is 4.04. The molecule has 0 aliphatic heterocycles. The number of nitro groups is 1. The van der Waals surface area contributed by atoms with Crippen molar-refractivity contribution in [3.8, 4) is 11.3 Å². The van der Waals surface area contributed by atoms with E-state index in [0.29, 0.717) is 27.1 Å². The summed E-state index contributed by atoms with van der Waals surface area (Å²) in [7, 11) is 0. The van der Waals surface area contributed by atoms with Gasteiger partial charge in [0, 0.05) is 22.2 Å². The molecule has 26 heavy (non-hydrogen) atoms. The summed E-state index contributed by atoms with van der Waals surface area (Å²) in [5.74, 6) is 0.505. The van der Waals surface area contributed by atoms with Crippen LogP contribution in [0.2, 0.25) is 0 Å². The number of nitro benzene ring substituents is 1. The number of furan rings is 1. The van der Waals surface area contributed by atoms with Gasteiger partial charge < -0.3 is 4.42 Å². The number of nitrogens with one attached hydrogen (secondary N) is 1. The summed E-state index contributed by atoms with van der Waals surface area (Å²) in [6, 6.07) is 16.4. The highest BCUT2D eigenvalue weighted by molar-refractivity contribution is 9.10. The first-order valence-electron chi connectivity index (χ1n) is 7.47. The maximum Gasteiger partial charge on any atom is 0.272 e. The van der Waals surface area contributed by atoms with Crippen molar-refractivity contribution in [3.05, 3.63) is 86.6 Å². The first-order chi connectivity index (χ1) is 12.5. The fraction of sp³-hybridized carbons (Fsp3) is 0. The van der Waals surface area contributed by atoms with Crippen molar-refractivity contribution in [1.82, 2.24) is 5.43 Å². The number of hydrogen-bond acceptors (Lipinski definition) is 5. The lowest BCUT2D eigenvalue weighted by Gasteiger charge is -2.01. The molecular formula is C18H12BrN3O4. The Balaban J connectivity index is 1.70. The van der Waals surface area contributed by atoms with Crippen molar-refractivity contribution in [2.75, 3.05) is 0 Å². The summed E-state index contributed by atoms with van der Waals surface area (Å²) < 4.78 is 6.25. The maximum absolute atomic E-state index is 12.0. The number of carbonyl (C=O) groups is 1. The molecule has 3 aromatic rings. The zero-order valence-electron chi connectivity index (χ0n) is 13.3. The quantitative estimate of drug-likeness (QED) is 0.381. The molecule has 0 saturated carbocycles. The van der Waals surface area contributed by atoms with Gasteiger partial charge in [-0.15, -0.1) is 0 Å². The largest absolute Gasteiger partial charge is 0.455 e. The Morgan fingerprint density at radius 3 is 2.73 bits per heavy atom. The molecule has 0 fully saturated rings. The highest BCUT2D eigenvalue weighted by atomic mass is 79.9. The van der Waals surface area contributed by atoms with Crippen LogP contribution in [-0.4, -0.2) is 17.0 Å². The Labute approximate surface area is 156 Å². The third-order valence-corrected chi connectivity index (χ3v) is 4.14. The molecule has 2 aromatic carbocycles. The first-order valence-corrected chi connectivity index (χ1v) is 8.26. The molecule has 1 aromatic heterocycles. The number of amides is 1. The standard InChI is InChI=1S/C18H12BrN3O4/c19-16-7-2-1-6-15(16)18(23)21-20-11-14-8-9-17(26-14)12-4-3-5-13(10-12)22(24)25/h1-11H,(H,21,23)/b20-11+. The number of rotatable bonds is 5. The summed E-state index contributed by atoms with van der Waals surface area (Å²) >= 11 is 3.30. The van der Waals surface area contributed by atoms with E-state index in [9.17, 15) is 14.9 Å². The van der Waals surface area contributed by atoms with Gasteiger partial charge in [-0.1, -0.05) is 24.3 Å². The van der Waals surface area contributed by atoms with Gasteiger partial charge in [-0.05, 0) is 40.2 Å². The predicted molar refractivity (Wildman–Crippen MR) is 100 cm³/mol. The van der Waals surface area contributed by atoms with E-state index in [4.69, 9.17) is 4.42 Å². The summed E-state index contributed by atoms with van der Waals surface area (Å²) in [6.07, 6.45) is 1.36. The molecule has 1 heterocycles. The number of hydrogen-bond donors (Lipinski definition) is 1. The van der Waals surface area contributed by atoms with Crippen molar-refractivity contribution in [1.29, 1.82) is 0 Å². The van der Waals surface area contributed by atoms with Crippen LogP contribution >= 0.6 is 15.9 Å². The minimum atomic E-state index is -0.466. The molecule has 0 aliphatic carbocycles. The van der Waals surface area contributed by atoms with Gasteiger partial charge in [0.15, 0.2) is 0 Å². The maximum atomic E-state index is 12.0. The van der Waals surface area contributed by atoms with E-state index in [2.05, 4.69) is 26.5 Å². The van der Waals surface area contributed by atoms with Gasteiger partial charge in [0.1, 0.15) is 11.5 Å². The van der Waals surface area contributed by atoms with Crippen molar-refractivity contribution in [2.24, 2.45) is 5.10 Å². The van der Waals surface area contributed by atoms with Gasteiger partial charge in [-0.3, -0.25) is 14.9 Å². The highest BCUT2D eigenvalue weighted by Crippen LogP contribution is 2.25. The lowest BCUT2D eigenvalue weighted by molar-refractivity contribution is -0.384. The Morgan fingerprint density at radius 1 is 1.15 bits per heavy atom. The van der Waals surface area contributed by atoms with Crippen LogP contribution in [0.3, 0.4) is 0 Å². The van der Waals surface area contributed by atoms with Crippen LogP contribution in [0.4, 0.5) is 5.69 Å². The monoisotopic (exact) mass is 413 g/mol. The van der Waals surface area contributed by atoms with Crippen molar-refractivity contribution in [2.45, 2.75) is 0 Å². The number of hydrazone groups is 1. The van der Waals surface area contributed by atoms with Gasteiger partial charge in [-0.2, -0.15) is 5.10 Å². The van der Waals surface area contributed by atoms with E-state index in [-0.39, 0.29) is 11.6 Å². The van der Waals surface area contributed by atoms with Gasteiger partial charge in [0.2, 0.25) is 0 Å². The fourth-order valence-corrected chi connectivity index (χ4v) is 2.68. The molecular weight excluding hydrogens is 402 g/mol. The molecule has 7 nitrogen and oxygen atoms in total. The fourth-order valence-electron chi connectivity index (χ4n) is 2.21. The second-order valence-electron chi connectivity index (χ2n) is 5.19. The number of halogens is 1. The van der Waals surface area contributed by atoms with E-state index in [1.165, 1.54) is 18.3 Å². The van der Waals surface area contributed by atoms with Gasteiger partial charge in [0.25, 0.3) is 11.6 Å². The Hall–Kier alpha value is -3.26. The topological polar surface area (TPSA) is 97.7 Å². The van der Waals surface area contributed by atoms with E-state index in [1.807, 2.05) is 6.07 Å². The first kappa shape index (κ1) is 17.6. The minimum absolute atomic E-state index is 0.0187. The van der Waals surface area contributed by atoms with Crippen LogP contribution in [0.5, 0.6) is 0 Å². The van der Waals surface area contributed by atoms with Crippen LogP contribution in [0.25, 0.3) is 11.3 Å². The molecule has 0 saturated heterocycles. The molecule has 0 spiro atoms. The van der Waals surface area contributed by atoms with E-state index in [0.717, 1.165) is 0 Å². The molecule has 0 bridgehead atoms. The number of benzene rings is 2. The summed E-state index contributed by atoms with van der Waals surface area (Å²) in [5, 5.41) is 14.7. The van der Waals surface area contributed by atoms with E-state index < -0.39 is 4.92 Å². The summed E-state index contributed by atoms with van der Waals surface area (Å²) in [5.41, 5.74) is 3.43.